The second-order valence-electron chi connectivity index (χ2n) is 3.75. The first-order chi connectivity index (χ1) is 10.8. The quantitative estimate of drug-likeness (QED) is 0.437. The minimum absolute atomic E-state index is 0.238. The van der Waals surface area contributed by atoms with E-state index in [4.69, 9.17) is 0 Å². The van der Waals surface area contributed by atoms with E-state index in [1.54, 1.807) is 36.4 Å². The van der Waals surface area contributed by atoms with E-state index in [0.29, 0.717) is 0 Å². The largest absolute Gasteiger partial charge is 0.376 e. The Bertz CT molecular complexity index is 543. The lowest BCUT2D eigenvalue weighted by Gasteiger charge is -2.01. The van der Waals surface area contributed by atoms with E-state index >= 15 is 0 Å². The standard InChI is InChI=1S/C14H10O8/c15-13(11-7-3-1-4-8-11)17-19-21-22-20-18-14(16)12-9-5-2-6-10-12/h1-10H. The molecule has 0 spiro atoms. The van der Waals surface area contributed by atoms with E-state index in [-0.39, 0.29) is 11.1 Å². The lowest BCUT2D eigenvalue weighted by molar-refractivity contribution is -0.740. The van der Waals surface area contributed by atoms with Crippen LogP contribution in [0, 0.1) is 0 Å². The van der Waals surface area contributed by atoms with Gasteiger partial charge in [-0.3, -0.25) is 9.78 Å². The van der Waals surface area contributed by atoms with Crippen LogP contribution in [0.4, 0.5) is 0 Å². The monoisotopic (exact) mass is 306 g/mol. The van der Waals surface area contributed by atoms with Gasteiger partial charge in [0.2, 0.25) is 0 Å². The van der Waals surface area contributed by atoms with Crippen molar-refractivity contribution in [3.05, 3.63) is 71.8 Å². The zero-order valence-corrected chi connectivity index (χ0v) is 11.0. The van der Waals surface area contributed by atoms with Crippen LogP contribution in [0.1, 0.15) is 20.7 Å². The zero-order valence-electron chi connectivity index (χ0n) is 11.0. The third kappa shape index (κ3) is 4.96. The van der Waals surface area contributed by atoms with E-state index < -0.39 is 11.9 Å². The van der Waals surface area contributed by atoms with Crippen molar-refractivity contribution in [3.8, 4) is 0 Å². The molecule has 0 amide bonds. The van der Waals surface area contributed by atoms with E-state index in [9.17, 15) is 9.59 Å². The lowest BCUT2D eigenvalue weighted by atomic mass is 10.2. The molecular formula is C14H10O8. The maximum atomic E-state index is 11.4. The fourth-order valence-corrected chi connectivity index (χ4v) is 1.36. The summed E-state index contributed by atoms with van der Waals surface area (Å²) < 4.78 is 0. The molecule has 114 valence electrons. The summed E-state index contributed by atoms with van der Waals surface area (Å²) in [4.78, 5) is 31.1. The molecule has 8 nitrogen and oxygen atoms in total. The molecule has 0 radical (unpaired) electrons. The highest BCUT2D eigenvalue weighted by atomic mass is 17.8. The van der Waals surface area contributed by atoms with E-state index in [2.05, 4.69) is 29.9 Å². The van der Waals surface area contributed by atoms with E-state index in [0.717, 1.165) is 0 Å². The fraction of sp³-hybridized carbons (Fsp3) is 0. The summed E-state index contributed by atoms with van der Waals surface area (Å²) in [6, 6.07) is 16.0. The summed E-state index contributed by atoms with van der Waals surface area (Å²) in [6.07, 6.45) is 0. The smallest absolute Gasteiger partial charge is 0.261 e. The minimum atomic E-state index is -0.814. The molecule has 0 atom stereocenters. The van der Waals surface area contributed by atoms with Gasteiger partial charge in [0.15, 0.2) is 0 Å². The number of rotatable bonds is 7. The Labute approximate surface area is 124 Å². The summed E-state index contributed by atoms with van der Waals surface area (Å²) in [5.41, 5.74) is 0.477. The Morgan fingerprint density at radius 2 is 0.909 bits per heavy atom. The molecule has 2 aromatic carbocycles. The Morgan fingerprint density at radius 1 is 0.545 bits per heavy atom. The summed E-state index contributed by atoms with van der Waals surface area (Å²) in [7, 11) is 0. The number of carbonyl (C=O) groups excluding carboxylic acids is 2. The predicted octanol–water partition coefficient (Wildman–Crippen LogP) is 2.34. The van der Waals surface area contributed by atoms with Crippen LogP contribution in [0.3, 0.4) is 0 Å². The molecule has 0 saturated carbocycles. The molecule has 2 aromatic rings. The molecule has 0 N–H and O–H groups in total. The van der Waals surface area contributed by atoms with Crippen molar-refractivity contribution in [3.63, 3.8) is 0 Å². The minimum Gasteiger partial charge on any atom is -0.261 e. The topological polar surface area (TPSA) is 89.5 Å². The van der Waals surface area contributed by atoms with Crippen molar-refractivity contribution in [2.24, 2.45) is 0 Å². The van der Waals surface area contributed by atoms with E-state index in [1.165, 1.54) is 24.3 Å². The Hall–Kier alpha value is -2.78. The van der Waals surface area contributed by atoms with Crippen molar-refractivity contribution >= 4 is 11.9 Å². The molecule has 0 heterocycles. The zero-order chi connectivity index (χ0) is 15.6. The van der Waals surface area contributed by atoms with Gasteiger partial charge in [0.1, 0.15) is 0 Å². The Morgan fingerprint density at radius 3 is 1.27 bits per heavy atom. The van der Waals surface area contributed by atoms with Crippen LogP contribution in [0.15, 0.2) is 60.7 Å². The maximum Gasteiger partial charge on any atom is 0.376 e. The van der Waals surface area contributed by atoms with Gasteiger partial charge in [-0.2, -0.15) is 0 Å². The van der Waals surface area contributed by atoms with Gasteiger partial charge in [0.25, 0.3) is 0 Å². The van der Waals surface area contributed by atoms with Gasteiger partial charge in [-0.15, -0.1) is 0 Å². The summed E-state index contributed by atoms with van der Waals surface area (Å²) >= 11 is 0. The third-order valence-electron chi connectivity index (χ3n) is 2.32. The van der Waals surface area contributed by atoms with Crippen molar-refractivity contribution in [2.45, 2.75) is 0 Å². The SMILES string of the molecule is O=C(OOOOOOC(=O)c1ccccc1)c1ccccc1. The average molecular weight is 306 g/mol. The van der Waals surface area contributed by atoms with Gasteiger partial charge < -0.3 is 0 Å². The van der Waals surface area contributed by atoms with Crippen LogP contribution < -0.4 is 0 Å². The summed E-state index contributed by atoms with van der Waals surface area (Å²) in [5.74, 6) is -1.63. The van der Waals surface area contributed by atoms with Gasteiger partial charge in [-0.1, -0.05) is 36.4 Å². The van der Waals surface area contributed by atoms with E-state index in [1.807, 2.05) is 0 Å². The lowest BCUT2D eigenvalue weighted by Crippen LogP contribution is -2.09. The summed E-state index contributed by atoms with van der Waals surface area (Å²) in [6.45, 7) is 0. The molecule has 0 aliphatic rings. The highest BCUT2D eigenvalue weighted by molar-refractivity contribution is 5.89. The molecule has 0 aromatic heterocycles. The molecule has 0 aliphatic carbocycles. The number of hydrogen-bond donors (Lipinski definition) is 0. The first-order valence-electron chi connectivity index (χ1n) is 5.97. The average Bonchev–Trinajstić information content (AvgIpc) is 2.59. The molecule has 2 rings (SSSR count). The van der Waals surface area contributed by atoms with Crippen LogP contribution in [0.5, 0.6) is 0 Å². The second-order valence-corrected chi connectivity index (χ2v) is 3.75. The van der Waals surface area contributed by atoms with Crippen LogP contribution >= 0.6 is 0 Å². The van der Waals surface area contributed by atoms with Crippen molar-refractivity contribution in [1.29, 1.82) is 0 Å². The molecule has 22 heavy (non-hydrogen) atoms. The molecule has 0 saturated heterocycles. The molecule has 8 heteroatoms. The first-order valence-corrected chi connectivity index (χ1v) is 5.97. The highest BCUT2D eigenvalue weighted by Gasteiger charge is 2.10. The van der Waals surface area contributed by atoms with Crippen molar-refractivity contribution in [2.75, 3.05) is 0 Å². The van der Waals surface area contributed by atoms with Crippen molar-refractivity contribution < 1.29 is 39.5 Å². The number of carbonyl (C=O) groups is 2. The molecule has 0 bridgehead atoms. The normalized spacial score (nSPS) is 10.0. The molecule has 0 aliphatic heterocycles. The van der Waals surface area contributed by atoms with Gasteiger partial charge in [0, 0.05) is 20.2 Å². The van der Waals surface area contributed by atoms with Crippen molar-refractivity contribution in [1.82, 2.24) is 0 Å². The van der Waals surface area contributed by atoms with Crippen LogP contribution in [-0.2, 0) is 29.9 Å². The molecular weight excluding hydrogens is 296 g/mol. The van der Waals surface area contributed by atoms with Gasteiger partial charge in [-0.05, 0) is 24.3 Å². The Balaban J connectivity index is 1.58. The van der Waals surface area contributed by atoms with Crippen LogP contribution in [0.2, 0.25) is 0 Å². The third-order valence-corrected chi connectivity index (χ3v) is 2.32. The maximum absolute atomic E-state index is 11.4. The number of benzene rings is 2. The molecule has 0 unspecified atom stereocenters. The van der Waals surface area contributed by atoms with Gasteiger partial charge in [-0.25, -0.2) is 9.59 Å². The van der Waals surface area contributed by atoms with Crippen LogP contribution in [-0.4, -0.2) is 11.9 Å². The fourth-order valence-electron chi connectivity index (χ4n) is 1.36. The number of hydrogen-bond acceptors (Lipinski definition) is 8. The van der Waals surface area contributed by atoms with Gasteiger partial charge in [0.05, 0.1) is 11.1 Å². The van der Waals surface area contributed by atoms with Gasteiger partial charge >= 0.3 is 11.9 Å². The first kappa shape index (κ1) is 15.6. The summed E-state index contributed by atoms with van der Waals surface area (Å²) in [5, 5.41) is 15.6. The van der Waals surface area contributed by atoms with Crippen LogP contribution in [0.25, 0.3) is 0 Å². The Kier molecular flexibility index (Phi) is 6.03. The predicted molar refractivity (Wildman–Crippen MR) is 68.1 cm³/mol. The highest BCUT2D eigenvalue weighted by Crippen LogP contribution is 2.03. The second kappa shape index (κ2) is 8.49. The molecule has 0 fully saturated rings.